The average molecular weight is 229 g/mol. The van der Waals surface area contributed by atoms with E-state index < -0.39 is 0 Å². The quantitative estimate of drug-likeness (QED) is 0.856. The number of aryl methyl sites for hydroxylation is 4. The fraction of sp³-hybridized carbons (Fsp3) is 0.400. The van der Waals surface area contributed by atoms with Crippen molar-refractivity contribution in [2.75, 3.05) is 0 Å². The molecule has 1 aromatic heterocycles. The van der Waals surface area contributed by atoms with Crippen molar-refractivity contribution in [1.82, 2.24) is 4.98 Å². The number of hydrogen-bond acceptors (Lipinski definition) is 1. The van der Waals surface area contributed by atoms with E-state index >= 15 is 0 Å². The Morgan fingerprint density at radius 2 is 1.94 bits per heavy atom. The monoisotopic (exact) mass is 229 g/mol. The molecule has 1 aromatic carbocycles. The Bertz CT molecular complexity index is 578. The maximum absolute atomic E-state index is 11.1. The van der Waals surface area contributed by atoms with Gasteiger partial charge in [-0.2, -0.15) is 0 Å². The number of hydrogen-bond donors (Lipinski definition) is 1. The topological polar surface area (TPSA) is 32.9 Å². The molecule has 0 unspecified atom stereocenters. The maximum atomic E-state index is 11.1. The van der Waals surface area contributed by atoms with E-state index in [-0.39, 0.29) is 5.78 Å². The summed E-state index contributed by atoms with van der Waals surface area (Å²) >= 11 is 0. The van der Waals surface area contributed by atoms with Gasteiger partial charge in [0.15, 0.2) is 0 Å². The van der Waals surface area contributed by atoms with Gasteiger partial charge in [0.25, 0.3) is 0 Å². The lowest BCUT2D eigenvalue weighted by atomic mass is 10.0. The van der Waals surface area contributed by atoms with Gasteiger partial charge in [0.05, 0.1) is 0 Å². The number of nitrogens with one attached hydrogen (secondary N) is 1. The number of rotatable bonds is 3. The van der Waals surface area contributed by atoms with E-state index in [2.05, 4.69) is 37.9 Å². The Morgan fingerprint density at radius 1 is 1.24 bits per heavy atom. The minimum Gasteiger partial charge on any atom is -0.358 e. The molecular formula is C15H19NO. The largest absolute Gasteiger partial charge is 0.358 e. The molecule has 17 heavy (non-hydrogen) atoms. The molecule has 2 heteroatoms. The predicted octanol–water partition coefficient (Wildman–Crippen LogP) is 3.61. The van der Waals surface area contributed by atoms with Crippen LogP contribution in [0.1, 0.15) is 35.7 Å². The Labute approximate surface area is 102 Å². The average Bonchev–Trinajstić information content (AvgIpc) is 2.58. The fourth-order valence-electron chi connectivity index (χ4n) is 2.32. The lowest BCUT2D eigenvalue weighted by molar-refractivity contribution is -0.116. The molecule has 0 aliphatic heterocycles. The summed E-state index contributed by atoms with van der Waals surface area (Å²) in [6, 6.07) is 4.32. The van der Waals surface area contributed by atoms with Gasteiger partial charge in [-0.1, -0.05) is 12.1 Å². The van der Waals surface area contributed by atoms with E-state index in [0.717, 1.165) is 6.42 Å². The van der Waals surface area contributed by atoms with Crippen LogP contribution in [0.4, 0.5) is 0 Å². The summed E-state index contributed by atoms with van der Waals surface area (Å²) in [6.07, 6.45) is 1.46. The van der Waals surface area contributed by atoms with Crippen LogP contribution in [0.5, 0.6) is 0 Å². The molecule has 0 bridgehead atoms. The number of carbonyl (C=O) groups excluding carboxylic acids is 1. The van der Waals surface area contributed by atoms with Gasteiger partial charge in [-0.3, -0.25) is 0 Å². The van der Waals surface area contributed by atoms with Crippen molar-refractivity contribution in [3.8, 4) is 0 Å². The number of Topliss-reactive ketones (excluding diaryl/α,β-unsaturated/α-hetero) is 1. The van der Waals surface area contributed by atoms with Crippen LogP contribution in [0.2, 0.25) is 0 Å². The van der Waals surface area contributed by atoms with Gasteiger partial charge in [-0.25, -0.2) is 0 Å². The van der Waals surface area contributed by atoms with E-state index in [0.29, 0.717) is 6.42 Å². The van der Waals surface area contributed by atoms with E-state index in [9.17, 15) is 4.79 Å². The molecule has 0 atom stereocenters. The van der Waals surface area contributed by atoms with Crippen LogP contribution < -0.4 is 0 Å². The SMILES string of the molecule is CC(=O)CCc1c(C)[nH]c2c(C)c(C)ccc12. The maximum Gasteiger partial charge on any atom is 0.130 e. The van der Waals surface area contributed by atoms with Gasteiger partial charge >= 0.3 is 0 Å². The fourth-order valence-corrected chi connectivity index (χ4v) is 2.32. The van der Waals surface area contributed by atoms with Crippen LogP contribution in [-0.2, 0) is 11.2 Å². The van der Waals surface area contributed by atoms with Gasteiger partial charge in [0.2, 0.25) is 0 Å². The highest BCUT2D eigenvalue weighted by Crippen LogP contribution is 2.27. The Morgan fingerprint density at radius 3 is 2.59 bits per heavy atom. The molecule has 90 valence electrons. The summed E-state index contributed by atoms with van der Waals surface area (Å²) in [6.45, 7) is 8.01. The third-order valence-corrected chi connectivity index (χ3v) is 3.55. The van der Waals surface area contributed by atoms with E-state index in [1.807, 2.05) is 0 Å². The van der Waals surface area contributed by atoms with Crippen LogP contribution in [0.15, 0.2) is 12.1 Å². The van der Waals surface area contributed by atoms with Gasteiger partial charge in [-0.05, 0) is 50.8 Å². The van der Waals surface area contributed by atoms with Crippen LogP contribution in [0, 0.1) is 20.8 Å². The lowest BCUT2D eigenvalue weighted by Gasteiger charge is -2.02. The first-order valence-electron chi connectivity index (χ1n) is 6.07. The molecule has 1 heterocycles. The zero-order valence-corrected chi connectivity index (χ0v) is 11.0. The third kappa shape index (κ3) is 2.12. The molecule has 1 N–H and O–H groups in total. The lowest BCUT2D eigenvalue weighted by Crippen LogP contribution is -1.94. The molecule has 2 rings (SSSR count). The van der Waals surface area contributed by atoms with Gasteiger partial charge in [0, 0.05) is 23.0 Å². The summed E-state index contributed by atoms with van der Waals surface area (Å²) in [7, 11) is 0. The molecule has 0 saturated heterocycles. The van der Waals surface area contributed by atoms with E-state index in [1.54, 1.807) is 6.92 Å². The minimum atomic E-state index is 0.252. The first kappa shape index (κ1) is 11.9. The van der Waals surface area contributed by atoms with Crippen LogP contribution in [0.3, 0.4) is 0 Å². The van der Waals surface area contributed by atoms with Crippen molar-refractivity contribution >= 4 is 16.7 Å². The standard InChI is InChI=1S/C15H19NO/c1-9-5-7-14-13(8-6-10(2)17)12(4)16-15(14)11(9)3/h5,7,16H,6,8H2,1-4H3. The molecule has 0 saturated carbocycles. The number of carbonyl (C=O) groups is 1. The number of ketones is 1. The summed E-state index contributed by atoms with van der Waals surface area (Å²) in [5.74, 6) is 0.252. The first-order chi connectivity index (χ1) is 8.00. The molecule has 0 aliphatic rings. The molecule has 2 aromatic rings. The number of aromatic nitrogens is 1. The highest BCUT2D eigenvalue weighted by atomic mass is 16.1. The molecular weight excluding hydrogens is 210 g/mol. The molecule has 0 spiro atoms. The molecule has 0 radical (unpaired) electrons. The predicted molar refractivity (Wildman–Crippen MR) is 71.5 cm³/mol. The zero-order chi connectivity index (χ0) is 12.6. The Kier molecular flexibility index (Phi) is 3.05. The second kappa shape index (κ2) is 4.36. The second-order valence-electron chi connectivity index (χ2n) is 4.86. The van der Waals surface area contributed by atoms with Gasteiger partial charge < -0.3 is 9.78 Å². The van der Waals surface area contributed by atoms with Crippen LogP contribution >= 0.6 is 0 Å². The first-order valence-corrected chi connectivity index (χ1v) is 6.07. The number of aromatic amines is 1. The highest BCUT2D eigenvalue weighted by Gasteiger charge is 2.11. The van der Waals surface area contributed by atoms with Gasteiger partial charge in [-0.15, -0.1) is 0 Å². The van der Waals surface area contributed by atoms with Crippen molar-refractivity contribution in [2.24, 2.45) is 0 Å². The van der Waals surface area contributed by atoms with E-state index in [1.165, 1.54) is 33.3 Å². The number of benzene rings is 1. The summed E-state index contributed by atoms with van der Waals surface area (Å²) in [4.78, 5) is 14.5. The normalized spacial score (nSPS) is 11.1. The summed E-state index contributed by atoms with van der Waals surface area (Å²) in [5.41, 5.74) is 6.31. The van der Waals surface area contributed by atoms with Crippen molar-refractivity contribution < 1.29 is 4.79 Å². The second-order valence-corrected chi connectivity index (χ2v) is 4.86. The van der Waals surface area contributed by atoms with E-state index in [4.69, 9.17) is 0 Å². The van der Waals surface area contributed by atoms with Crippen molar-refractivity contribution in [3.63, 3.8) is 0 Å². The Balaban J connectivity index is 2.52. The third-order valence-electron chi connectivity index (χ3n) is 3.55. The molecule has 0 aliphatic carbocycles. The molecule has 2 nitrogen and oxygen atoms in total. The van der Waals surface area contributed by atoms with Crippen molar-refractivity contribution in [3.05, 3.63) is 34.5 Å². The minimum absolute atomic E-state index is 0.252. The Hall–Kier alpha value is -1.57. The van der Waals surface area contributed by atoms with Gasteiger partial charge in [0.1, 0.15) is 5.78 Å². The van der Waals surface area contributed by atoms with Crippen LogP contribution in [-0.4, -0.2) is 10.8 Å². The smallest absolute Gasteiger partial charge is 0.130 e. The molecule has 0 amide bonds. The van der Waals surface area contributed by atoms with Crippen LogP contribution in [0.25, 0.3) is 10.9 Å². The zero-order valence-electron chi connectivity index (χ0n) is 11.0. The summed E-state index contributed by atoms with van der Waals surface area (Å²) < 4.78 is 0. The number of H-pyrrole nitrogens is 1. The molecule has 0 fully saturated rings. The van der Waals surface area contributed by atoms with Crippen molar-refractivity contribution in [1.29, 1.82) is 0 Å². The van der Waals surface area contributed by atoms with Crippen molar-refractivity contribution in [2.45, 2.75) is 40.5 Å². The number of fused-ring (bicyclic) bond motifs is 1. The highest BCUT2D eigenvalue weighted by molar-refractivity contribution is 5.88. The summed E-state index contributed by atoms with van der Waals surface area (Å²) in [5, 5.41) is 1.27.